The van der Waals surface area contributed by atoms with Gasteiger partial charge in [-0.3, -0.25) is 5.32 Å². The lowest BCUT2D eigenvalue weighted by molar-refractivity contribution is 0.0191. The van der Waals surface area contributed by atoms with Gasteiger partial charge >= 0.3 is 12.1 Å². The lowest BCUT2D eigenvalue weighted by Gasteiger charge is -2.34. The Labute approximate surface area is 222 Å². The van der Waals surface area contributed by atoms with Crippen molar-refractivity contribution in [1.29, 1.82) is 0 Å². The van der Waals surface area contributed by atoms with E-state index < -0.39 is 5.60 Å². The van der Waals surface area contributed by atoms with Crippen LogP contribution >= 0.6 is 11.3 Å². The molecule has 0 bridgehead atoms. The minimum Gasteiger partial charge on any atom is -0.493 e. The van der Waals surface area contributed by atoms with E-state index in [0.717, 1.165) is 54.4 Å². The maximum atomic E-state index is 12.6. The average Bonchev–Trinajstić information content (AvgIpc) is 3.47. The highest BCUT2D eigenvalue weighted by Gasteiger charge is 2.31. The molecule has 37 heavy (non-hydrogen) atoms. The Morgan fingerprint density at radius 1 is 1.32 bits per heavy atom. The number of likely N-dealkylation sites (tertiary alicyclic amines) is 1. The Balaban J connectivity index is 1.29. The summed E-state index contributed by atoms with van der Waals surface area (Å²) in [4.78, 5) is 31.2. The fourth-order valence-electron chi connectivity index (χ4n) is 4.41. The highest BCUT2D eigenvalue weighted by Crippen LogP contribution is 2.32. The van der Waals surface area contributed by atoms with Gasteiger partial charge in [-0.25, -0.2) is 14.6 Å². The summed E-state index contributed by atoms with van der Waals surface area (Å²) in [7, 11) is 0. The predicted octanol–water partition coefficient (Wildman–Crippen LogP) is 5.44. The Morgan fingerprint density at radius 3 is 2.84 bits per heavy atom. The number of hydrogen-bond acceptors (Lipinski definition) is 7. The number of rotatable bonds is 6. The standard InChI is InChI=1S/C27H38N4O5S/c1-18-13-19(8-9-21(18)35-17-27(5)10-12-34-16-27)23-29-22(15-37-23)30-24(32)28-20-7-6-11-31(14-20)25(33)36-26(2,3)4/h8-9,13,15,20H,6-7,10-12,14,16-17H2,1-5H3,(H2,28,30,32)/t20-,27?/m0/s1. The minimum absolute atomic E-state index is 0.0627. The van der Waals surface area contributed by atoms with Gasteiger partial charge in [0.15, 0.2) is 0 Å². The molecule has 9 nitrogen and oxygen atoms in total. The van der Waals surface area contributed by atoms with Crippen LogP contribution in [0.1, 0.15) is 52.5 Å². The molecule has 4 rings (SSSR count). The molecule has 202 valence electrons. The Morgan fingerprint density at radius 2 is 2.14 bits per heavy atom. The summed E-state index contributed by atoms with van der Waals surface area (Å²) in [6.07, 6.45) is 2.26. The van der Waals surface area contributed by atoms with Crippen molar-refractivity contribution >= 4 is 29.3 Å². The number of carbonyl (C=O) groups is 2. The molecule has 0 radical (unpaired) electrons. The summed E-state index contributed by atoms with van der Waals surface area (Å²) in [5.74, 6) is 1.35. The maximum absolute atomic E-state index is 12.6. The third kappa shape index (κ3) is 7.58. The average molecular weight is 531 g/mol. The molecule has 0 saturated carbocycles. The fourth-order valence-corrected chi connectivity index (χ4v) is 5.16. The molecule has 1 unspecified atom stereocenters. The number of carbonyl (C=O) groups excluding carboxylic acids is 2. The molecule has 2 aliphatic heterocycles. The second-order valence-corrected chi connectivity index (χ2v) is 12.1. The van der Waals surface area contributed by atoms with Crippen LogP contribution in [0.2, 0.25) is 0 Å². The molecule has 10 heteroatoms. The molecule has 2 aromatic rings. The molecule has 2 fully saturated rings. The number of thiazole rings is 1. The van der Waals surface area contributed by atoms with Crippen molar-refractivity contribution < 1.29 is 23.8 Å². The molecule has 2 N–H and O–H groups in total. The first kappa shape index (κ1) is 27.2. The van der Waals surface area contributed by atoms with Gasteiger partial charge in [-0.15, -0.1) is 11.3 Å². The highest BCUT2D eigenvalue weighted by atomic mass is 32.1. The number of nitrogens with one attached hydrogen (secondary N) is 2. The molecule has 3 heterocycles. The van der Waals surface area contributed by atoms with Crippen LogP contribution < -0.4 is 15.4 Å². The molecule has 2 aliphatic rings. The van der Waals surface area contributed by atoms with Gasteiger partial charge < -0.3 is 24.4 Å². The van der Waals surface area contributed by atoms with Gasteiger partial charge in [0.2, 0.25) is 0 Å². The Bertz CT molecular complexity index is 1110. The molecular formula is C27H38N4O5S. The van der Waals surface area contributed by atoms with E-state index >= 15 is 0 Å². The summed E-state index contributed by atoms with van der Waals surface area (Å²) in [6, 6.07) is 5.54. The monoisotopic (exact) mass is 530 g/mol. The number of hydrogen-bond donors (Lipinski definition) is 2. The number of nitrogens with zero attached hydrogens (tertiary/aromatic N) is 2. The third-order valence-corrected chi connectivity index (χ3v) is 7.34. The first-order chi connectivity index (χ1) is 17.5. The van der Waals surface area contributed by atoms with Crippen LogP contribution in [0.25, 0.3) is 10.6 Å². The van der Waals surface area contributed by atoms with Gasteiger partial charge in [-0.1, -0.05) is 6.92 Å². The molecule has 1 aromatic carbocycles. The molecule has 0 spiro atoms. The first-order valence-corrected chi connectivity index (χ1v) is 13.7. The molecule has 2 atom stereocenters. The summed E-state index contributed by atoms with van der Waals surface area (Å²) in [6.45, 7) is 12.9. The lowest BCUT2D eigenvalue weighted by Crippen LogP contribution is -2.51. The number of aromatic nitrogens is 1. The van der Waals surface area contributed by atoms with Crippen LogP contribution in [-0.2, 0) is 9.47 Å². The lowest BCUT2D eigenvalue weighted by atomic mass is 9.91. The summed E-state index contributed by atoms with van der Waals surface area (Å²) >= 11 is 1.47. The van der Waals surface area contributed by atoms with Crippen LogP contribution in [0.5, 0.6) is 5.75 Å². The Kier molecular flexibility index (Phi) is 8.28. The number of amides is 3. The smallest absolute Gasteiger partial charge is 0.410 e. The number of ether oxygens (including phenoxy) is 3. The van der Waals surface area contributed by atoms with Crippen molar-refractivity contribution in [2.75, 3.05) is 38.2 Å². The van der Waals surface area contributed by atoms with E-state index in [1.807, 2.05) is 45.2 Å². The third-order valence-electron chi connectivity index (χ3n) is 6.45. The van der Waals surface area contributed by atoms with Gasteiger partial charge in [-0.05, 0) is 70.7 Å². The normalized spacial score (nSPS) is 22.0. The van der Waals surface area contributed by atoms with Crippen molar-refractivity contribution in [3.63, 3.8) is 0 Å². The second-order valence-electron chi connectivity index (χ2n) is 11.3. The zero-order valence-electron chi connectivity index (χ0n) is 22.4. The van der Waals surface area contributed by atoms with Crippen molar-refractivity contribution in [3.8, 4) is 16.3 Å². The van der Waals surface area contributed by atoms with Gasteiger partial charge in [0.05, 0.1) is 13.2 Å². The minimum atomic E-state index is -0.549. The van der Waals surface area contributed by atoms with E-state index in [2.05, 4.69) is 28.6 Å². The molecule has 2 saturated heterocycles. The molecule has 1 aromatic heterocycles. The summed E-state index contributed by atoms with van der Waals surface area (Å²) < 4.78 is 17.1. The second kappa shape index (κ2) is 11.3. The number of piperidine rings is 1. The summed E-state index contributed by atoms with van der Waals surface area (Å²) in [5, 5.41) is 8.42. The van der Waals surface area contributed by atoms with E-state index in [9.17, 15) is 9.59 Å². The summed E-state index contributed by atoms with van der Waals surface area (Å²) in [5.41, 5.74) is 1.52. The zero-order valence-corrected chi connectivity index (χ0v) is 23.2. The number of aryl methyl sites for hydroxylation is 1. The van der Waals surface area contributed by atoms with Gasteiger partial charge in [0.1, 0.15) is 22.2 Å². The molecule has 0 aliphatic carbocycles. The van der Waals surface area contributed by atoms with Crippen molar-refractivity contribution in [2.45, 2.75) is 65.5 Å². The van der Waals surface area contributed by atoms with Crippen LogP contribution in [0.3, 0.4) is 0 Å². The van der Waals surface area contributed by atoms with Crippen LogP contribution in [0, 0.1) is 12.3 Å². The number of urea groups is 1. The topological polar surface area (TPSA) is 102 Å². The van der Waals surface area contributed by atoms with Crippen molar-refractivity contribution in [3.05, 3.63) is 29.1 Å². The quantitative estimate of drug-likeness (QED) is 0.515. The van der Waals surface area contributed by atoms with Gasteiger partial charge in [0, 0.05) is 42.1 Å². The number of anilines is 1. The maximum Gasteiger partial charge on any atom is 0.410 e. The molecule has 3 amide bonds. The van der Waals surface area contributed by atoms with E-state index in [4.69, 9.17) is 14.2 Å². The fraction of sp³-hybridized carbons (Fsp3) is 0.593. The number of benzene rings is 1. The first-order valence-electron chi connectivity index (χ1n) is 12.8. The van der Waals surface area contributed by atoms with E-state index in [-0.39, 0.29) is 23.6 Å². The van der Waals surface area contributed by atoms with Crippen LogP contribution in [-0.4, -0.2) is 66.6 Å². The Hall–Kier alpha value is -2.85. The molecular weight excluding hydrogens is 492 g/mol. The van der Waals surface area contributed by atoms with Gasteiger partial charge in [0.25, 0.3) is 0 Å². The highest BCUT2D eigenvalue weighted by molar-refractivity contribution is 7.13. The SMILES string of the molecule is Cc1cc(-c2nc(NC(=O)N[C@H]3CCCN(C(=O)OC(C)(C)C)C3)cs2)ccc1OCC1(C)CCOC1. The van der Waals surface area contributed by atoms with Crippen molar-refractivity contribution in [2.24, 2.45) is 5.41 Å². The van der Waals surface area contributed by atoms with E-state index in [0.29, 0.717) is 25.5 Å². The predicted molar refractivity (Wildman–Crippen MR) is 144 cm³/mol. The van der Waals surface area contributed by atoms with Gasteiger partial charge in [-0.2, -0.15) is 0 Å². The zero-order chi connectivity index (χ0) is 26.6. The largest absolute Gasteiger partial charge is 0.493 e. The van der Waals surface area contributed by atoms with E-state index in [1.165, 1.54) is 11.3 Å². The van der Waals surface area contributed by atoms with E-state index in [1.54, 1.807) is 4.90 Å². The van der Waals surface area contributed by atoms with Crippen LogP contribution in [0.15, 0.2) is 23.6 Å². The van der Waals surface area contributed by atoms with Crippen LogP contribution in [0.4, 0.5) is 15.4 Å². The van der Waals surface area contributed by atoms with Crippen molar-refractivity contribution in [1.82, 2.24) is 15.2 Å².